The first-order valence-corrected chi connectivity index (χ1v) is 11.1. The molecular weight excluding hydrogens is 464 g/mol. The third-order valence-corrected chi connectivity index (χ3v) is 5.84. The molecule has 3 rings (SSSR count). The van der Waals surface area contributed by atoms with Crippen LogP contribution in [0, 0.1) is 0 Å². The zero-order valence-corrected chi connectivity index (χ0v) is 19.9. The van der Waals surface area contributed by atoms with Crippen LogP contribution in [0.3, 0.4) is 0 Å². The molecule has 1 fully saturated rings. The number of aryl methyl sites for hydroxylation is 1. The summed E-state index contributed by atoms with van der Waals surface area (Å²) in [5, 5.41) is 16.7. The number of hydrogen-bond donors (Lipinski definition) is 2. The number of carboxylic acid groups (broad SMARTS) is 1. The molecule has 31 heavy (non-hydrogen) atoms. The molecule has 1 aliphatic rings. The van der Waals surface area contributed by atoms with Gasteiger partial charge in [0.1, 0.15) is 11.2 Å². The molecule has 1 amide bonds. The Morgan fingerprint density at radius 1 is 1.35 bits per heavy atom. The Bertz CT molecular complexity index is 967. The number of anilines is 1. The van der Waals surface area contributed by atoms with E-state index in [2.05, 4.69) is 31.2 Å². The zero-order valence-electron chi connectivity index (χ0n) is 18.3. The van der Waals surface area contributed by atoms with E-state index in [1.165, 1.54) is 0 Å². The normalized spacial score (nSPS) is 17.4. The van der Waals surface area contributed by atoms with Crippen LogP contribution in [0.15, 0.2) is 28.9 Å². The van der Waals surface area contributed by atoms with E-state index in [4.69, 9.17) is 4.74 Å². The summed E-state index contributed by atoms with van der Waals surface area (Å²) in [7, 11) is 1.75. The largest absolute Gasteiger partial charge is 0.478 e. The molecule has 0 spiro atoms. The SMILES string of the molecule is Cn1cc(C(=O)O)c(C2CCCN(Cc3cc(NC(=O)OC(C)(C)C)ccc3Br)C2)n1. The molecule has 8 nitrogen and oxygen atoms in total. The van der Waals surface area contributed by atoms with Gasteiger partial charge in [0, 0.05) is 42.4 Å². The van der Waals surface area contributed by atoms with Crippen LogP contribution in [-0.4, -0.2) is 50.5 Å². The van der Waals surface area contributed by atoms with Crippen molar-refractivity contribution in [2.75, 3.05) is 18.4 Å². The van der Waals surface area contributed by atoms with Crippen molar-refractivity contribution in [3.05, 3.63) is 45.7 Å². The minimum absolute atomic E-state index is 0.0721. The van der Waals surface area contributed by atoms with Gasteiger partial charge in [-0.2, -0.15) is 5.10 Å². The van der Waals surface area contributed by atoms with Gasteiger partial charge in [-0.1, -0.05) is 15.9 Å². The van der Waals surface area contributed by atoms with E-state index >= 15 is 0 Å². The lowest BCUT2D eigenvalue weighted by atomic mass is 9.92. The predicted octanol–water partition coefficient (Wildman–Crippen LogP) is 4.61. The average Bonchev–Trinajstić information content (AvgIpc) is 3.05. The fraction of sp³-hybridized carbons (Fsp3) is 0.500. The molecule has 2 aromatic rings. The van der Waals surface area contributed by atoms with Gasteiger partial charge < -0.3 is 9.84 Å². The number of carbonyl (C=O) groups excluding carboxylic acids is 1. The molecule has 1 aliphatic heterocycles. The summed E-state index contributed by atoms with van der Waals surface area (Å²) in [6.45, 7) is 7.79. The first-order valence-electron chi connectivity index (χ1n) is 10.3. The summed E-state index contributed by atoms with van der Waals surface area (Å²) in [6.07, 6.45) is 2.96. The van der Waals surface area contributed by atoms with Crippen LogP contribution in [-0.2, 0) is 18.3 Å². The third kappa shape index (κ3) is 6.30. The maximum absolute atomic E-state index is 12.1. The van der Waals surface area contributed by atoms with E-state index in [0.717, 1.165) is 36.0 Å². The van der Waals surface area contributed by atoms with Crippen molar-refractivity contribution in [1.29, 1.82) is 0 Å². The Labute approximate surface area is 190 Å². The van der Waals surface area contributed by atoms with Crippen LogP contribution in [0.5, 0.6) is 0 Å². The van der Waals surface area contributed by atoms with Gasteiger partial charge in [0.25, 0.3) is 0 Å². The lowest BCUT2D eigenvalue weighted by Crippen LogP contribution is -2.34. The first-order chi connectivity index (χ1) is 14.5. The van der Waals surface area contributed by atoms with Crippen molar-refractivity contribution in [3.8, 4) is 0 Å². The van der Waals surface area contributed by atoms with Gasteiger partial charge in [-0.3, -0.25) is 14.9 Å². The summed E-state index contributed by atoms with van der Waals surface area (Å²) in [5.41, 5.74) is 2.07. The first kappa shape index (κ1) is 23.3. The molecule has 168 valence electrons. The van der Waals surface area contributed by atoms with Gasteiger partial charge >= 0.3 is 12.1 Å². The minimum atomic E-state index is -0.941. The second-order valence-electron chi connectivity index (χ2n) is 8.91. The summed E-state index contributed by atoms with van der Waals surface area (Å²) in [4.78, 5) is 26.0. The van der Waals surface area contributed by atoms with Crippen LogP contribution >= 0.6 is 15.9 Å². The molecule has 9 heteroatoms. The molecule has 1 aromatic heterocycles. The van der Waals surface area contributed by atoms with Gasteiger partial charge in [-0.25, -0.2) is 9.59 Å². The predicted molar refractivity (Wildman–Crippen MR) is 121 cm³/mol. The van der Waals surface area contributed by atoms with Crippen molar-refractivity contribution in [2.24, 2.45) is 7.05 Å². The van der Waals surface area contributed by atoms with Crippen LogP contribution < -0.4 is 5.32 Å². The molecule has 1 atom stereocenters. The Kier molecular flexibility index (Phi) is 7.06. The highest BCUT2D eigenvalue weighted by Crippen LogP contribution is 2.31. The number of amides is 1. The number of nitrogens with zero attached hydrogens (tertiary/aromatic N) is 3. The number of rotatable bonds is 5. The molecule has 0 bridgehead atoms. The molecule has 0 aliphatic carbocycles. The smallest absolute Gasteiger partial charge is 0.412 e. The Morgan fingerprint density at radius 3 is 2.77 bits per heavy atom. The number of ether oxygens (including phenoxy) is 1. The van der Waals surface area contributed by atoms with E-state index in [9.17, 15) is 14.7 Å². The number of benzene rings is 1. The number of carbonyl (C=O) groups is 2. The second kappa shape index (κ2) is 9.40. The van der Waals surface area contributed by atoms with Gasteiger partial charge in [-0.05, 0) is 63.9 Å². The van der Waals surface area contributed by atoms with Gasteiger partial charge in [0.2, 0.25) is 0 Å². The van der Waals surface area contributed by atoms with Gasteiger partial charge in [-0.15, -0.1) is 0 Å². The molecule has 1 aromatic carbocycles. The summed E-state index contributed by atoms with van der Waals surface area (Å²) in [5.74, 6) is -0.869. The number of halogens is 1. The van der Waals surface area contributed by atoms with Crippen LogP contribution in [0.2, 0.25) is 0 Å². The molecule has 2 heterocycles. The molecular formula is C22H29BrN4O4. The molecule has 0 saturated carbocycles. The molecule has 0 radical (unpaired) electrons. The lowest BCUT2D eigenvalue weighted by molar-refractivity contribution is 0.0634. The topological polar surface area (TPSA) is 96.7 Å². The number of carboxylic acids is 1. The van der Waals surface area contributed by atoms with E-state index in [1.807, 2.05) is 39.0 Å². The number of nitrogens with one attached hydrogen (secondary N) is 1. The fourth-order valence-electron chi connectivity index (χ4n) is 3.83. The zero-order chi connectivity index (χ0) is 22.8. The van der Waals surface area contributed by atoms with E-state index in [0.29, 0.717) is 17.9 Å². The van der Waals surface area contributed by atoms with Crippen LogP contribution in [0.4, 0.5) is 10.5 Å². The van der Waals surface area contributed by atoms with Crippen molar-refractivity contribution < 1.29 is 19.4 Å². The Hall–Kier alpha value is -2.39. The van der Waals surface area contributed by atoms with Crippen molar-refractivity contribution in [1.82, 2.24) is 14.7 Å². The fourth-order valence-corrected chi connectivity index (χ4v) is 4.20. The number of likely N-dealkylation sites (tertiary alicyclic amines) is 1. The van der Waals surface area contributed by atoms with E-state index < -0.39 is 17.7 Å². The minimum Gasteiger partial charge on any atom is -0.478 e. The highest BCUT2D eigenvalue weighted by Gasteiger charge is 2.28. The van der Waals surface area contributed by atoms with Gasteiger partial charge in [0.15, 0.2) is 0 Å². The van der Waals surface area contributed by atoms with Crippen molar-refractivity contribution >= 4 is 33.7 Å². The number of piperidine rings is 1. The monoisotopic (exact) mass is 492 g/mol. The average molecular weight is 493 g/mol. The Morgan fingerprint density at radius 2 is 2.10 bits per heavy atom. The van der Waals surface area contributed by atoms with Crippen LogP contribution in [0.1, 0.15) is 61.1 Å². The summed E-state index contributed by atoms with van der Waals surface area (Å²) in [6, 6.07) is 5.66. The highest BCUT2D eigenvalue weighted by atomic mass is 79.9. The second-order valence-corrected chi connectivity index (χ2v) is 9.77. The molecule has 1 unspecified atom stereocenters. The summed E-state index contributed by atoms with van der Waals surface area (Å²) >= 11 is 3.60. The molecule has 2 N–H and O–H groups in total. The maximum atomic E-state index is 12.1. The van der Waals surface area contributed by atoms with E-state index in [-0.39, 0.29) is 11.5 Å². The Balaban J connectivity index is 1.71. The molecule has 1 saturated heterocycles. The lowest BCUT2D eigenvalue weighted by Gasteiger charge is -2.32. The third-order valence-electron chi connectivity index (χ3n) is 5.06. The number of aromatic carboxylic acids is 1. The van der Waals surface area contributed by atoms with Crippen molar-refractivity contribution in [2.45, 2.75) is 51.7 Å². The number of aromatic nitrogens is 2. The van der Waals surface area contributed by atoms with Crippen LogP contribution in [0.25, 0.3) is 0 Å². The van der Waals surface area contributed by atoms with E-state index in [1.54, 1.807) is 17.9 Å². The maximum Gasteiger partial charge on any atom is 0.412 e. The summed E-state index contributed by atoms with van der Waals surface area (Å²) < 4.78 is 7.85. The highest BCUT2D eigenvalue weighted by molar-refractivity contribution is 9.10. The van der Waals surface area contributed by atoms with Crippen molar-refractivity contribution in [3.63, 3.8) is 0 Å². The number of hydrogen-bond acceptors (Lipinski definition) is 5. The quantitative estimate of drug-likeness (QED) is 0.632. The standard InChI is InChI=1S/C22H29BrN4O4/c1-22(2,3)31-21(30)24-16-7-8-18(23)15(10-16)12-27-9-5-6-14(11-27)19-17(20(28)29)13-26(4)25-19/h7-8,10,13-14H,5-6,9,11-12H2,1-4H3,(H,24,30)(H,28,29). The van der Waals surface area contributed by atoms with Gasteiger partial charge in [0.05, 0.1) is 5.69 Å².